The van der Waals surface area contributed by atoms with Gasteiger partial charge in [0.2, 0.25) is 0 Å². The van der Waals surface area contributed by atoms with Gasteiger partial charge in [-0.1, -0.05) is 0 Å². The third kappa shape index (κ3) is 15.8. The SMILES string of the molecule is NCCCNCCCCNCCCNS(N)(=O)=O. The second-order valence-electron chi connectivity index (χ2n) is 4.14. The summed E-state index contributed by atoms with van der Waals surface area (Å²) in [4.78, 5) is 0. The Balaban J connectivity index is 3.03. The number of hydrogen-bond acceptors (Lipinski definition) is 5. The predicted molar refractivity (Wildman–Crippen MR) is 74.4 cm³/mol. The van der Waals surface area contributed by atoms with Crippen molar-refractivity contribution in [2.24, 2.45) is 10.9 Å². The number of unbranched alkanes of at least 4 members (excludes halogenated alkanes) is 1. The van der Waals surface area contributed by atoms with Crippen LogP contribution >= 0.6 is 0 Å². The van der Waals surface area contributed by atoms with Gasteiger partial charge in [0.1, 0.15) is 0 Å². The lowest BCUT2D eigenvalue weighted by Crippen LogP contribution is -2.33. The Bertz CT molecular complexity index is 271. The molecule has 0 saturated heterocycles. The molecule has 8 heteroatoms. The molecule has 0 aromatic rings. The monoisotopic (exact) mass is 281 g/mol. The smallest absolute Gasteiger partial charge is 0.274 e. The van der Waals surface area contributed by atoms with E-state index in [1.807, 2.05) is 0 Å². The minimum atomic E-state index is -3.53. The van der Waals surface area contributed by atoms with Crippen LogP contribution in [0.2, 0.25) is 0 Å². The van der Waals surface area contributed by atoms with Crippen molar-refractivity contribution in [1.29, 1.82) is 0 Å². The summed E-state index contributed by atoms with van der Waals surface area (Å²) in [6, 6.07) is 0. The maximum absolute atomic E-state index is 10.5. The molecule has 7 N–H and O–H groups in total. The van der Waals surface area contributed by atoms with Crippen molar-refractivity contribution in [2.45, 2.75) is 25.7 Å². The molecule has 0 spiro atoms. The summed E-state index contributed by atoms with van der Waals surface area (Å²) in [5.41, 5.74) is 5.38. The Morgan fingerprint density at radius 2 is 1.28 bits per heavy atom. The van der Waals surface area contributed by atoms with Crippen LogP contribution in [0.25, 0.3) is 0 Å². The molecule has 0 saturated carbocycles. The Morgan fingerprint density at radius 3 is 1.78 bits per heavy atom. The lowest BCUT2D eigenvalue weighted by atomic mass is 10.3. The summed E-state index contributed by atoms with van der Waals surface area (Å²) in [5, 5.41) is 11.4. The highest BCUT2D eigenvalue weighted by Crippen LogP contribution is 1.85. The summed E-state index contributed by atoms with van der Waals surface area (Å²) in [6.07, 6.45) is 4.01. The third-order valence-electron chi connectivity index (χ3n) is 2.35. The van der Waals surface area contributed by atoms with Crippen molar-refractivity contribution in [3.05, 3.63) is 0 Å². The fourth-order valence-corrected chi connectivity index (χ4v) is 1.83. The van der Waals surface area contributed by atoms with Gasteiger partial charge in [-0.05, 0) is 58.4 Å². The van der Waals surface area contributed by atoms with E-state index in [1.165, 1.54) is 0 Å². The zero-order chi connectivity index (χ0) is 13.7. The normalized spacial score (nSPS) is 11.9. The molecule has 0 aliphatic carbocycles. The molecule has 0 bridgehead atoms. The first-order valence-electron chi connectivity index (χ1n) is 6.45. The largest absolute Gasteiger partial charge is 0.330 e. The molecule has 0 aliphatic rings. The number of nitrogens with one attached hydrogen (secondary N) is 3. The molecule has 0 amide bonds. The zero-order valence-electron chi connectivity index (χ0n) is 11.0. The van der Waals surface area contributed by atoms with Gasteiger partial charge in [-0.2, -0.15) is 8.42 Å². The van der Waals surface area contributed by atoms with Gasteiger partial charge in [0.25, 0.3) is 10.2 Å². The van der Waals surface area contributed by atoms with Gasteiger partial charge in [0.15, 0.2) is 0 Å². The lowest BCUT2D eigenvalue weighted by molar-refractivity contribution is 0.559. The molecule has 0 aromatic heterocycles. The van der Waals surface area contributed by atoms with Gasteiger partial charge in [0.05, 0.1) is 0 Å². The van der Waals surface area contributed by atoms with Crippen LogP contribution in [0.15, 0.2) is 0 Å². The fraction of sp³-hybridized carbons (Fsp3) is 1.00. The molecule has 0 fully saturated rings. The quantitative estimate of drug-likeness (QED) is 0.262. The number of rotatable bonds is 13. The van der Waals surface area contributed by atoms with E-state index in [4.69, 9.17) is 10.9 Å². The second-order valence-corrected chi connectivity index (χ2v) is 5.52. The van der Waals surface area contributed by atoms with Crippen molar-refractivity contribution < 1.29 is 8.42 Å². The standard InChI is InChI=1S/C10H27N5O2S/c11-5-3-8-13-6-1-2-7-14-9-4-10-15-18(12,16)17/h13-15H,1-11H2,(H2,12,16,17). The Labute approximate surface area is 110 Å². The highest BCUT2D eigenvalue weighted by atomic mass is 32.2. The third-order valence-corrected chi connectivity index (χ3v) is 2.95. The molecule has 0 radical (unpaired) electrons. The van der Waals surface area contributed by atoms with Gasteiger partial charge in [-0.25, -0.2) is 9.86 Å². The molecule has 110 valence electrons. The minimum absolute atomic E-state index is 0.381. The van der Waals surface area contributed by atoms with Crippen LogP contribution in [0.3, 0.4) is 0 Å². The average molecular weight is 281 g/mol. The van der Waals surface area contributed by atoms with Crippen molar-refractivity contribution in [3.63, 3.8) is 0 Å². The van der Waals surface area contributed by atoms with Crippen LogP contribution in [0.4, 0.5) is 0 Å². The fourth-order valence-electron chi connectivity index (χ4n) is 1.40. The molecule has 0 aliphatic heterocycles. The van der Waals surface area contributed by atoms with Crippen molar-refractivity contribution in [1.82, 2.24) is 15.4 Å². The van der Waals surface area contributed by atoms with Crippen LogP contribution < -0.4 is 26.2 Å². The van der Waals surface area contributed by atoms with E-state index < -0.39 is 10.2 Å². The molecule has 0 rings (SSSR count). The minimum Gasteiger partial charge on any atom is -0.330 e. The molecular weight excluding hydrogens is 254 g/mol. The first-order valence-corrected chi connectivity index (χ1v) is 8.00. The predicted octanol–water partition coefficient (Wildman–Crippen LogP) is -1.52. The topological polar surface area (TPSA) is 122 Å². The van der Waals surface area contributed by atoms with E-state index in [-0.39, 0.29) is 0 Å². The van der Waals surface area contributed by atoms with Gasteiger partial charge in [-0.15, -0.1) is 0 Å². The lowest BCUT2D eigenvalue weighted by Gasteiger charge is -2.06. The molecule has 0 heterocycles. The van der Waals surface area contributed by atoms with Gasteiger partial charge < -0.3 is 16.4 Å². The highest BCUT2D eigenvalue weighted by molar-refractivity contribution is 7.87. The van der Waals surface area contributed by atoms with Crippen LogP contribution in [0.5, 0.6) is 0 Å². The van der Waals surface area contributed by atoms with E-state index in [1.54, 1.807) is 0 Å². The summed E-state index contributed by atoms with van der Waals surface area (Å²) < 4.78 is 23.3. The highest BCUT2D eigenvalue weighted by Gasteiger charge is 1.98. The second kappa shape index (κ2) is 11.8. The van der Waals surface area contributed by atoms with Crippen LogP contribution in [-0.2, 0) is 10.2 Å². The molecular formula is C10H27N5O2S. The summed E-state index contributed by atoms with van der Waals surface area (Å²) in [5.74, 6) is 0. The first-order chi connectivity index (χ1) is 8.56. The van der Waals surface area contributed by atoms with E-state index in [2.05, 4.69) is 15.4 Å². The summed E-state index contributed by atoms with van der Waals surface area (Å²) in [7, 11) is -3.53. The van der Waals surface area contributed by atoms with Crippen LogP contribution in [-0.4, -0.2) is 47.7 Å². The Kier molecular flexibility index (Phi) is 11.7. The van der Waals surface area contributed by atoms with Crippen LogP contribution in [0, 0.1) is 0 Å². The maximum Gasteiger partial charge on any atom is 0.274 e. The maximum atomic E-state index is 10.5. The molecule has 0 unspecified atom stereocenters. The Morgan fingerprint density at radius 1 is 0.778 bits per heavy atom. The molecule has 18 heavy (non-hydrogen) atoms. The van der Waals surface area contributed by atoms with E-state index in [0.717, 1.165) is 58.4 Å². The first kappa shape index (κ1) is 17.8. The Hall–Kier alpha value is -0.250. The van der Waals surface area contributed by atoms with E-state index >= 15 is 0 Å². The van der Waals surface area contributed by atoms with Crippen LogP contribution in [0.1, 0.15) is 25.7 Å². The summed E-state index contributed by atoms with van der Waals surface area (Å²) in [6.45, 7) is 4.88. The molecule has 0 atom stereocenters. The van der Waals surface area contributed by atoms with Gasteiger partial charge in [0, 0.05) is 6.54 Å². The van der Waals surface area contributed by atoms with Gasteiger partial charge in [-0.3, -0.25) is 0 Å². The molecule has 7 nitrogen and oxygen atoms in total. The average Bonchev–Trinajstić information content (AvgIpc) is 2.29. The molecule has 0 aromatic carbocycles. The van der Waals surface area contributed by atoms with Crippen molar-refractivity contribution >= 4 is 10.2 Å². The number of hydrogen-bond donors (Lipinski definition) is 5. The van der Waals surface area contributed by atoms with Crippen molar-refractivity contribution in [3.8, 4) is 0 Å². The number of nitrogens with two attached hydrogens (primary N) is 2. The van der Waals surface area contributed by atoms with E-state index in [9.17, 15) is 8.42 Å². The van der Waals surface area contributed by atoms with Gasteiger partial charge >= 0.3 is 0 Å². The van der Waals surface area contributed by atoms with E-state index in [0.29, 0.717) is 6.54 Å². The zero-order valence-corrected chi connectivity index (χ0v) is 11.8. The van der Waals surface area contributed by atoms with Crippen molar-refractivity contribution in [2.75, 3.05) is 39.3 Å². The summed E-state index contributed by atoms with van der Waals surface area (Å²) >= 11 is 0.